The van der Waals surface area contributed by atoms with E-state index in [0.717, 1.165) is 16.3 Å². The van der Waals surface area contributed by atoms with Crippen LogP contribution in [0.2, 0.25) is 0 Å². The van der Waals surface area contributed by atoms with Gasteiger partial charge in [-0.3, -0.25) is 9.59 Å². The van der Waals surface area contributed by atoms with Gasteiger partial charge in [-0.2, -0.15) is 0 Å². The molecule has 0 saturated carbocycles. The first-order chi connectivity index (χ1) is 12.8. The number of nitrogens with one attached hydrogen (secondary N) is 1. The molecule has 152 valence electrons. The van der Waals surface area contributed by atoms with Gasteiger partial charge in [0.25, 0.3) is 0 Å². The molecule has 1 saturated heterocycles. The molecule has 2 aromatic carbocycles. The first-order valence-corrected chi connectivity index (χ1v) is 10.3. The Hall–Kier alpha value is -1.76. The molecular weight excluding hydrogens is 394 g/mol. The van der Waals surface area contributed by atoms with Crippen molar-refractivity contribution in [1.82, 2.24) is 10.2 Å². The van der Waals surface area contributed by atoms with Gasteiger partial charge in [-0.05, 0) is 22.4 Å². The van der Waals surface area contributed by atoms with Gasteiger partial charge in [0, 0.05) is 17.7 Å². The summed E-state index contributed by atoms with van der Waals surface area (Å²) in [6.07, 6.45) is 0. The number of hydrogen-bond donors (Lipinski definition) is 2. The van der Waals surface area contributed by atoms with Gasteiger partial charge < -0.3 is 16.0 Å². The number of nitrogens with zero attached hydrogens (tertiary/aromatic N) is 1. The van der Waals surface area contributed by atoms with E-state index >= 15 is 0 Å². The van der Waals surface area contributed by atoms with Gasteiger partial charge in [0.15, 0.2) is 0 Å². The highest BCUT2D eigenvalue weighted by Gasteiger charge is 2.39. The molecule has 1 aliphatic heterocycles. The van der Waals surface area contributed by atoms with Crippen molar-refractivity contribution in [3.05, 3.63) is 48.0 Å². The van der Waals surface area contributed by atoms with Crippen molar-refractivity contribution in [2.45, 2.75) is 32.9 Å². The number of halogens is 1. The Bertz CT molecular complexity index is 853. The van der Waals surface area contributed by atoms with Crippen LogP contribution in [0.3, 0.4) is 0 Å². The third-order valence-corrected chi connectivity index (χ3v) is 5.83. The maximum absolute atomic E-state index is 12.9. The van der Waals surface area contributed by atoms with E-state index in [9.17, 15) is 9.59 Å². The summed E-state index contributed by atoms with van der Waals surface area (Å²) in [5.41, 5.74) is 6.43. The summed E-state index contributed by atoms with van der Waals surface area (Å²) in [4.78, 5) is 27.3. The Morgan fingerprint density at radius 1 is 1.21 bits per heavy atom. The number of benzene rings is 2. The molecule has 7 heteroatoms. The van der Waals surface area contributed by atoms with Gasteiger partial charge in [-0.1, -0.05) is 57.2 Å². The van der Waals surface area contributed by atoms with Gasteiger partial charge in [-0.15, -0.1) is 24.2 Å². The van der Waals surface area contributed by atoms with E-state index in [1.807, 2.05) is 51.1 Å². The van der Waals surface area contributed by atoms with Crippen molar-refractivity contribution >= 4 is 46.8 Å². The van der Waals surface area contributed by atoms with Crippen molar-refractivity contribution in [3.63, 3.8) is 0 Å². The van der Waals surface area contributed by atoms with Crippen LogP contribution in [-0.2, 0) is 9.59 Å². The third-order valence-electron chi connectivity index (χ3n) is 4.82. The fraction of sp³-hybridized carbons (Fsp3) is 0.429. The molecule has 3 N–H and O–H groups in total. The lowest BCUT2D eigenvalue weighted by Crippen LogP contribution is -2.51. The van der Waals surface area contributed by atoms with Crippen LogP contribution in [0.15, 0.2) is 42.5 Å². The highest BCUT2D eigenvalue weighted by Crippen LogP contribution is 2.28. The number of amides is 2. The maximum Gasteiger partial charge on any atom is 0.244 e. The standard InChI is InChI=1S/C21H27N3O2S.ClH/c1-21(2,3)20(26)24-13-27-12-18(24)19(25)23-17(11-22)16-9-8-14-6-4-5-7-15(14)10-16;/h4-10,17-18H,11-13,22H2,1-3H3,(H,23,25);1H. The molecular formula is C21H28ClN3O2S. The van der Waals surface area contributed by atoms with Crippen LogP contribution in [-0.4, -0.2) is 40.9 Å². The van der Waals surface area contributed by atoms with Crippen LogP contribution in [0.25, 0.3) is 10.8 Å². The number of carbonyl (C=O) groups excluding carboxylic acids is 2. The van der Waals surface area contributed by atoms with E-state index < -0.39 is 11.5 Å². The molecule has 28 heavy (non-hydrogen) atoms. The molecule has 1 aliphatic rings. The molecule has 2 unspecified atom stereocenters. The summed E-state index contributed by atoms with van der Waals surface area (Å²) < 4.78 is 0. The number of fused-ring (bicyclic) bond motifs is 1. The van der Waals surface area contributed by atoms with Crippen LogP contribution >= 0.6 is 24.2 Å². The zero-order valence-electron chi connectivity index (χ0n) is 16.5. The number of carbonyl (C=O) groups is 2. The largest absolute Gasteiger partial charge is 0.346 e. The van der Waals surface area contributed by atoms with Gasteiger partial charge in [0.05, 0.1) is 11.9 Å². The first-order valence-electron chi connectivity index (χ1n) is 9.19. The molecule has 0 bridgehead atoms. The normalized spacial score (nSPS) is 17.9. The first kappa shape index (κ1) is 22.5. The van der Waals surface area contributed by atoms with Gasteiger partial charge in [-0.25, -0.2) is 0 Å². The van der Waals surface area contributed by atoms with E-state index in [4.69, 9.17) is 5.73 Å². The predicted octanol–water partition coefficient (Wildman–Crippen LogP) is 3.33. The fourth-order valence-electron chi connectivity index (χ4n) is 3.26. The molecule has 0 radical (unpaired) electrons. The Morgan fingerprint density at radius 2 is 1.89 bits per heavy atom. The van der Waals surface area contributed by atoms with Gasteiger partial charge in [0.1, 0.15) is 6.04 Å². The zero-order valence-corrected chi connectivity index (χ0v) is 18.1. The molecule has 0 aromatic heterocycles. The summed E-state index contributed by atoms with van der Waals surface area (Å²) in [7, 11) is 0. The fourth-order valence-corrected chi connectivity index (χ4v) is 4.42. The van der Waals surface area contributed by atoms with E-state index in [2.05, 4.69) is 17.4 Å². The predicted molar refractivity (Wildman–Crippen MR) is 119 cm³/mol. The molecule has 2 amide bonds. The minimum Gasteiger partial charge on any atom is -0.346 e. The second kappa shape index (κ2) is 9.16. The molecule has 2 aromatic rings. The second-order valence-electron chi connectivity index (χ2n) is 7.94. The van der Waals surface area contributed by atoms with E-state index in [-0.39, 0.29) is 30.3 Å². The minimum atomic E-state index is -0.505. The van der Waals surface area contributed by atoms with Crippen LogP contribution in [0.5, 0.6) is 0 Å². The van der Waals surface area contributed by atoms with Crippen molar-refractivity contribution < 1.29 is 9.59 Å². The maximum atomic E-state index is 12.9. The second-order valence-corrected chi connectivity index (χ2v) is 8.94. The van der Waals surface area contributed by atoms with E-state index in [0.29, 0.717) is 18.2 Å². The summed E-state index contributed by atoms with van der Waals surface area (Å²) in [5, 5.41) is 5.32. The number of rotatable bonds is 4. The van der Waals surface area contributed by atoms with Crippen molar-refractivity contribution in [2.75, 3.05) is 18.2 Å². The molecule has 2 atom stereocenters. The molecule has 0 spiro atoms. The van der Waals surface area contributed by atoms with E-state index in [1.165, 1.54) is 0 Å². The highest BCUT2D eigenvalue weighted by atomic mass is 35.5. The zero-order chi connectivity index (χ0) is 19.6. The lowest BCUT2D eigenvalue weighted by atomic mass is 9.94. The quantitative estimate of drug-likeness (QED) is 0.793. The lowest BCUT2D eigenvalue weighted by molar-refractivity contribution is -0.144. The average molecular weight is 422 g/mol. The van der Waals surface area contributed by atoms with Crippen LogP contribution < -0.4 is 11.1 Å². The molecule has 0 aliphatic carbocycles. The Labute approximate surface area is 176 Å². The monoisotopic (exact) mass is 421 g/mol. The number of thioether (sulfide) groups is 1. The summed E-state index contributed by atoms with van der Waals surface area (Å²) in [6.45, 7) is 5.94. The molecule has 5 nitrogen and oxygen atoms in total. The molecule has 1 heterocycles. The number of hydrogen-bond acceptors (Lipinski definition) is 4. The van der Waals surface area contributed by atoms with Crippen molar-refractivity contribution in [2.24, 2.45) is 11.1 Å². The van der Waals surface area contributed by atoms with Crippen LogP contribution in [0.1, 0.15) is 32.4 Å². The highest BCUT2D eigenvalue weighted by molar-refractivity contribution is 7.99. The van der Waals surface area contributed by atoms with Crippen molar-refractivity contribution in [3.8, 4) is 0 Å². The third kappa shape index (κ3) is 4.80. The van der Waals surface area contributed by atoms with E-state index in [1.54, 1.807) is 16.7 Å². The summed E-state index contributed by atoms with van der Waals surface area (Å²) >= 11 is 1.61. The molecule has 1 fully saturated rings. The van der Waals surface area contributed by atoms with Gasteiger partial charge >= 0.3 is 0 Å². The van der Waals surface area contributed by atoms with Crippen LogP contribution in [0, 0.1) is 5.41 Å². The lowest BCUT2D eigenvalue weighted by Gasteiger charge is -2.30. The SMILES string of the molecule is CC(C)(C)C(=O)N1CSCC1C(=O)NC(CN)c1ccc2ccccc2c1.Cl. The Morgan fingerprint density at radius 3 is 2.54 bits per heavy atom. The number of nitrogens with two attached hydrogens (primary N) is 1. The van der Waals surface area contributed by atoms with Gasteiger partial charge in [0.2, 0.25) is 11.8 Å². The summed E-state index contributed by atoms with van der Waals surface area (Å²) in [5.74, 6) is 1.03. The van der Waals surface area contributed by atoms with Crippen LogP contribution in [0.4, 0.5) is 0 Å². The van der Waals surface area contributed by atoms with Crippen molar-refractivity contribution in [1.29, 1.82) is 0 Å². The Kier molecular flexibility index (Phi) is 7.37. The topological polar surface area (TPSA) is 75.4 Å². The minimum absolute atomic E-state index is 0. The smallest absolute Gasteiger partial charge is 0.244 e. The summed E-state index contributed by atoms with van der Waals surface area (Å²) in [6, 6.07) is 13.5. The average Bonchev–Trinajstić information content (AvgIpc) is 3.13. The Balaban J connectivity index is 0.00000280. The molecule has 3 rings (SSSR count).